The maximum atomic E-state index is 12.5. The zero-order chi connectivity index (χ0) is 17.2. The van der Waals surface area contributed by atoms with Crippen LogP contribution in [0.15, 0.2) is 16.3 Å². The lowest BCUT2D eigenvalue weighted by atomic mass is 9.97. The number of hydrogen-bond donors (Lipinski definition) is 2. The smallest absolute Gasteiger partial charge is 0.252 e. The number of halogens is 1. The van der Waals surface area contributed by atoms with Crippen molar-refractivity contribution in [2.75, 3.05) is 19.6 Å². The molecule has 6 nitrogen and oxygen atoms in total. The summed E-state index contributed by atoms with van der Waals surface area (Å²) in [4.78, 5) is 13.1. The maximum Gasteiger partial charge on any atom is 0.252 e. The summed E-state index contributed by atoms with van der Waals surface area (Å²) in [6, 6.07) is 3.37. The SMILES string of the molecule is Cl.NCC1(NC(=O)Cc2ccc(S(=O)(=O)N3CCCC3)s2)CCCC1. The van der Waals surface area contributed by atoms with Crippen molar-refractivity contribution in [3.63, 3.8) is 0 Å². The van der Waals surface area contributed by atoms with Crippen LogP contribution in [0.4, 0.5) is 0 Å². The molecule has 0 radical (unpaired) electrons. The lowest BCUT2D eigenvalue weighted by Gasteiger charge is -2.28. The molecule has 1 aliphatic heterocycles. The number of sulfonamides is 1. The minimum absolute atomic E-state index is 0. The van der Waals surface area contributed by atoms with Crippen LogP contribution >= 0.6 is 23.7 Å². The molecule has 0 unspecified atom stereocenters. The van der Waals surface area contributed by atoms with Gasteiger partial charge in [0.1, 0.15) is 4.21 Å². The Balaban J connectivity index is 0.00000225. The summed E-state index contributed by atoms with van der Waals surface area (Å²) < 4.78 is 26.9. The second kappa shape index (κ2) is 8.35. The molecule has 2 fully saturated rings. The number of nitrogens with zero attached hydrogens (tertiary/aromatic N) is 1. The number of thiophene rings is 1. The molecule has 1 aromatic rings. The number of amides is 1. The lowest BCUT2D eigenvalue weighted by Crippen LogP contribution is -2.52. The van der Waals surface area contributed by atoms with Gasteiger partial charge in [-0.15, -0.1) is 23.7 Å². The third kappa shape index (κ3) is 4.54. The van der Waals surface area contributed by atoms with Crippen molar-refractivity contribution in [1.82, 2.24) is 9.62 Å². The maximum absolute atomic E-state index is 12.5. The second-order valence-electron chi connectivity index (χ2n) is 6.75. The molecule has 2 heterocycles. The number of carbonyl (C=O) groups excluding carboxylic acids is 1. The molecule has 1 aliphatic carbocycles. The molecule has 1 aromatic heterocycles. The molecule has 3 rings (SSSR count). The summed E-state index contributed by atoms with van der Waals surface area (Å²) in [5, 5.41) is 3.08. The van der Waals surface area contributed by atoms with E-state index in [1.165, 1.54) is 15.6 Å². The van der Waals surface area contributed by atoms with Crippen molar-refractivity contribution >= 4 is 39.7 Å². The van der Waals surface area contributed by atoms with E-state index in [1.54, 1.807) is 12.1 Å². The van der Waals surface area contributed by atoms with Gasteiger partial charge in [0, 0.05) is 24.5 Å². The molecule has 25 heavy (non-hydrogen) atoms. The molecule has 0 aromatic carbocycles. The van der Waals surface area contributed by atoms with Crippen LogP contribution in [0.5, 0.6) is 0 Å². The van der Waals surface area contributed by atoms with Gasteiger partial charge in [0.05, 0.1) is 12.0 Å². The van der Waals surface area contributed by atoms with E-state index in [0.717, 1.165) is 43.4 Å². The van der Waals surface area contributed by atoms with E-state index in [0.29, 0.717) is 23.8 Å². The highest BCUT2D eigenvalue weighted by Crippen LogP contribution is 2.30. The Morgan fingerprint density at radius 1 is 1.20 bits per heavy atom. The summed E-state index contributed by atoms with van der Waals surface area (Å²) in [5.74, 6) is -0.0747. The van der Waals surface area contributed by atoms with Gasteiger partial charge < -0.3 is 11.1 Å². The first-order chi connectivity index (χ1) is 11.5. The third-order valence-electron chi connectivity index (χ3n) is 4.99. The average molecular weight is 408 g/mol. The molecule has 9 heteroatoms. The van der Waals surface area contributed by atoms with Crippen molar-refractivity contribution in [3.8, 4) is 0 Å². The Morgan fingerprint density at radius 2 is 1.84 bits per heavy atom. The Labute approximate surface area is 159 Å². The largest absolute Gasteiger partial charge is 0.349 e. The van der Waals surface area contributed by atoms with Gasteiger partial charge in [0.15, 0.2) is 0 Å². The Hall–Kier alpha value is -0.670. The Bertz CT molecular complexity index is 693. The summed E-state index contributed by atoms with van der Waals surface area (Å²) in [6.45, 7) is 1.64. The fraction of sp³-hybridized carbons (Fsp3) is 0.688. The number of carbonyl (C=O) groups is 1. The van der Waals surface area contributed by atoms with Crippen LogP contribution < -0.4 is 11.1 Å². The van der Waals surface area contributed by atoms with E-state index >= 15 is 0 Å². The fourth-order valence-electron chi connectivity index (χ4n) is 3.58. The molecular formula is C16H26ClN3O3S2. The normalized spacial score (nSPS) is 20.4. The molecule has 0 spiro atoms. The first-order valence-electron chi connectivity index (χ1n) is 8.55. The first-order valence-corrected chi connectivity index (χ1v) is 10.8. The summed E-state index contributed by atoms with van der Waals surface area (Å²) in [5.41, 5.74) is 5.58. The predicted octanol–water partition coefficient (Wildman–Crippen LogP) is 1.88. The molecule has 3 N–H and O–H groups in total. The zero-order valence-corrected chi connectivity index (χ0v) is 16.6. The molecule has 0 bridgehead atoms. The summed E-state index contributed by atoms with van der Waals surface area (Å²) in [7, 11) is -3.39. The van der Waals surface area contributed by atoms with E-state index in [2.05, 4.69) is 5.32 Å². The Kier molecular flexibility index (Phi) is 6.89. The highest BCUT2D eigenvalue weighted by atomic mass is 35.5. The topological polar surface area (TPSA) is 92.5 Å². The molecule has 1 amide bonds. The number of nitrogens with two attached hydrogens (primary N) is 1. The van der Waals surface area contributed by atoms with E-state index in [1.807, 2.05) is 0 Å². The molecule has 2 aliphatic rings. The van der Waals surface area contributed by atoms with Crippen LogP contribution in [0.3, 0.4) is 0 Å². The summed E-state index contributed by atoms with van der Waals surface area (Å²) in [6.07, 6.45) is 6.08. The quantitative estimate of drug-likeness (QED) is 0.753. The van der Waals surface area contributed by atoms with Gasteiger partial charge in [-0.2, -0.15) is 4.31 Å². The van der Waals surface area contributed by atoms with E-state index < -0.39 is 10.0 Å². The van der Waals surface area contributed by atoms with Crippen molar-refractivity contribution in [2.24, 2.45) is 5.73 Å². The van der Waals surface area contributed by atoms with Crippen molar-refractivity contribution in [1.29, 1.82) is 0 Å². The average Bonchev–Trinajstić information content (AvgIpc) is 3.29. The van der Waals surface area contributed by atoms with Gasteiger partial charge in [-0.1, -0.05) is 12.8 Å². The lowest BCUT2D eigenvalue weighted by molar-refractivity contribution is -0.122. The molecule has 1 saturated heterocycles. The molecular weight excluding hydrogens is 382 g/mol. The van der Waals surface area contributed by atoms with Gasteiger partial charge in [-0.25, -0.2) is 8.42 Å². The first kappa shape index (κ1) is 20.6. The fourth-order valence-corrected chi connectivity index (χ4v) is 6.60. The summed E-state index contributed by atoms with van der Waals surface area (Å²) >= 11 is 1.20. The standard InChI is InChI=1S/C16H25N3O3S2.ClH/c17-12-16(7-1-2-8-16)18-14(20)11-13-5-6-15(23-13)24(21,22)19-9-3-4-10-19;/h5-6H,1-4,7-12,17H2,(H,18,20);1H. The van der Waals surface area contributed by atoms with E-state index in [4.69, 9.17) is 5.73 Å². The van der Waals surface area contributed by atoms with Crippen molar-refractivity contribution in [3.05, 3.63) is 17.0 Å². The van der Waals surface area contributed by atoms with Crippen molar-refractivity contribution in [2.45, 2.75) is 54.7 Å². The minimum atomic E-state index is -3.39. The van der Waals surface area contributed by atoms with Crippen LogP contribution in [0.25, 0.3) is 0 Å². The van der Waals surface area contributed by atoms with Crippen LogP contribution in [-0.2, 0) is 21.2 Å². The van der Waals surface area contributed by atoms with Crippen LogP contribution in [0.1, 0.15) is 43.4 Å². The van der Waals surface area contributed by atoms with Gasteiger partial charge in [0.2, 0.25) is 5.91 Å². The molecule has 0 atom stereocenters. The second-order valence-corrected chi connectivity index (χ2v) is 10.1. The minimum Gasteiger partial charge on any atom is -0.349 e. The molecule has 1 saturated carbocycles. The van der Waals surface area contributed by atoms with Crippen LogP contribution in [0, 0.1) is 0 Å². The number of rotatable bonds is 6. The zero-order valence-electron chi connectivity index (χ0n) is 14.2. The molecule has 142 valence electrons. The highest BCUT2D eigenvalue weighted by Gasteiger charge is 2.34. The third-order valence-corrected chi connectivity index (χ3v) is 8.44. The Morgan fingerprint density at radius 3 is 2.44 bits per heavy atom. The van der Waals surface area contributed by atoms with Crippen LogP contribution in [-0.4, -0.2) is 43.8 Å². The van der Waals surface area contributed by atoms with Gasteiger partial charge >= 0.3 is 0 Å². The van der Waals surface area contributed by atoms with Gasteiger partial charge in [0.25, 0.3) is 10.0 Å². The van der Waals surface area contributed by atoms with Crippen LogP contribution in [0.2, 0.25) is 0 Å². The van der Waals surface area contributed by atoms with E-state index in [-0.39, 0.29) is 30.3 Å². The highest BCUT2D eigenvalue weighted by molar-refractivity contribution is 7.91. The van der Waals surface area contributed by atoms with E-state index in [9.17, 15) is 13.2 Å². The predicted molar refractivity (Wildman–Crippen MR) is 102 cm³/mol. The number of hydrogen-bond acceptors (Lipinski definition) is 5. The monoisotopic (exact) mass is 407 g/mol. The van der Waals surface area contributed by atoms with Crippen molar-refractivity contribution < 1.29 is 13.2 Å². The van der Waals surface area contributed by atoms with Gasteiger partial charge in [-0.05, 0) is 37.8 Å². The van der Waals surface area contributed by atoms with Gasteiger partial charge in [-0.3, -0.25) is 4.79 Å². The number of nitrogens with one attached hydrogen (secondary N) is 1.